The van der Waals surface area contributed by atoms with Crippen molar-refractivity contribution in [2.75, 3.05) is 0 Å². The van der Waals surface area contributed by atoms with Gasteiger partial charge in [-0.3, -0.25) is 9.48 Å². The first-order chi connectivity index (χ1) is 9.22. The molecule has 1 fully saturated rings. The van der Waals surface area contributed by atoms with Crippen LogP contribution >= 0.6 is 11.3 Å². The lowest BCUT2D eigenvalue weighted by Crippen LogP contribution is -2.28. The van der Waals surface area contributed by atoms with Crippen molar-refractivity contribution in [3.63, 3.8) is 0 Å². The maximum absolute atomic E-state index is 11.8. The molecule has 0 bridgehead atoms. The predicted molar refractivity (Wildman–Crippen MR) is 72.9 cm³/mol. The molecule has 0 atom stereocenters. The minimum absolute atomic E-state index is 0.0345. The Morgan fingerprint density at radius 3 is 3.11 bits per heavy atom. The number of carbonyl (C=O) groups is 1. The quantitative estimate of drug-likeness (QED) is 0.906. The highest BCUT2D eigenvalue weighted by atomic mass is 32.1. The van der Waals surface area contributed by atoms with Gasteiger partial charge in [-0.15, -0.1) is 11.3 Å². The minimum Gasteiger partial charge on any atom is -0.349 e. The SMILES string of the molecule is Cc1ccnn1CC(=O)NCc1csc(C2CC2)n1. The molecule has 3 rings (SSSR count). The van der Waals surface area contributed by atoms with Crippen LogP contribution < -0.4 is 5.32 Å². The Morgan fingerprint density at radius 1 is 1.58 bits per heavy atom. The van der Waals surface area contributed by atoms with Crippen LogP contribution in [0.5, 0.6) is 0 Å². The summed E-state index contributed by atoms with van der Waals surface area (Å²) >= 11 is 1.70. The molecule has 5 nitrogen and oxygen atoms in total. The average Bonchev–Trinajstić information content (AvgIpc) is 3.01. The lowest BCUT2D eigenvalue weighted by atomic mass is 10.4. The second kappa shape index (κ2) is 5.13. The fourth-order valence-electron chi connectivity index (χ4n) is 1.87. The van der Waals surface area contributed by atoms with Crippen LogP contribution in [0.2, 0.25) is 0 Å². The van der Waals surface area contributed by atoms with Gasteiger partial charge in [-0.2, -0.15) is 5.10 Å². The minimum atomic E-state index is -0.0345. The van der Waals surface area contributed by atoms with Crippen molar-refractivity contribution in [1.82, 2.24) is 20.1 Å². The fraction of sp³-hybridized carbons (Fsp3) is 0.462. The zero-order chi connectivity index (χ0) is 13.2. The summed E-state index contributed by atoms with van der Waals surface area (Å²) in [5.74, 6) is 0.647. The number of rotatable bonds is 5. The first kappa shape index (κ1) is 12.3. The largest absolute Gasteiger partial charge is 0.349 e. The Balaban J connectivity index is 1.50. The van der Waals surface area contributed by atoms with Gasteiger partial charge in [-0.05, 0) is 25.8 Å². The molecule has 1 aliphatic rings. The molecule has 0 saturated heterocycles. The van der Waals surface area contributed by atoms with Gasteiger partial charge in [-0.1, -0.05) is 0 Å². The monoisotopic (exact) mass is 276 g/mol. The molecule has 2 aromatic rings. The van der Waals surface area contributed by atoms with E-state index >= 15 is 0 Å². The zero-order valence-corrected chi connectivity index (χ0v) is 11.6. The summed E-state index contributed by atoms with van der Waals surface area (Å²) in [6.45, 7) is 2.70. The van der Waals surface area contributed by atoms with Crippen molar-refractivity contribution in [1.29, 1.82) is 0 Å². The van der Waals surface area contributed by atoms with E-state index in [9.17, 15) is 4.79 Å². The number of hydrogen-bond donors (Lipinski definition) is 1. The molecule has 0 unspecified atom stereocenters. The van der Waals surface area contributed by atoms with E-state index in [0.717, 1.165) is 11.4 Å². The lowest BCUT2D eigenvalue weighted by Gasteiger charge is -2.05. The number of thiazole rings is 1. The van der Waals surface area contributed by atoms with Crippen LogP contribution in [0.3, 0.4) is 0 Å². The van der Waals surface area contributed by atoms with Gasteiger partial charge in [0.05, 0.1) is 17.2 Å². The van der Waals surface area contributed by atoms with E-state index in [2.05, 4.69) is 15.4 Å². The number of aromatic nitrogens is 3. The molecule has 0 radical (unpaired) electrons. The van der Waals surface area contributed by atoms with E-state index in [4.69, 9.17) is 0 Å². The van der Waals surface area contributed by atoms with E-state index in [-0.39, 0.29) is 12.5 Å². The van der Waals surface area contributed by atoms with Gasteiger partial charge >= 0.3 is 0 Å². The number of hydrogen-bond acceptors (Lipinski definition) is 4. The molecule has 19 heavy (non-hydrogen) atoms. The fourth-order valence-corrected chi connectivity index (χ4v) is 2.86. The van der Waals surface area contributed by atoms with Crippen molar-refractivity contribution in [2.24, 2.45) is 0 Å². The van der Waals surface area contributed by atoms with E-state index in [1.165, 1.54) is 17.8 Å². The second-order valence-corrected chi connectivity index (χ2v) is 5.75. The molecular formula is C13H16N4OS. The Kier molecular flexibility index (Phi) is 3.33. The summed E-state index contributed by atoms with van der Waals surface area (Å²) in [7, 11) is 0. The molecule has 100 valence electrons. The molecule has 1 amide bonds. The van der Waals surface area contributed by atoms with E-state index in [1.54, 1.807) is 22.2 Å². The Bertz CT molecular complexity index is 585. The van der Waals surface area contributed by atoms with Gasteiger partial charge in [0.1, 0.15) is 6.54 Å². The summed E-state index contributed by atoms with van der Waals surface area (Å²) in [4.78, 5) is 16.3. The molecule has 0 aromatic carbocycles. The van der Waals surface area contributed by atoms with E-state index in [0.29, 0.717) is 12.5 Å². The number of aryl methyl sites for hydroxylation is 1. The van der Waals surface area contributed by atoms with Crippen LogP contribution in [-0.2, 0) is 17.9 Å². The molecule has 2 aromatic heterocycles. The molecule has 1 N–H and O–H groups in total. The van der Waals surface area contributed by atoms with Crippen LogP contribution in [0.25, 0.3) is 0 Å². The maximum Gasteiger partial charge on any atom is 0.242 e. The highest BCUT2D eigenvalue weighted by molar-refractivity contribution is 7.09. The van der Waals surface area contributed by atoms with Crippen LogP contribution in [0.1, 0.15) is 35.2 Å². The smallest absolute Gasteiger partial charge is 0.242 e. The lowest BCUT2D eigenvalue weighted by molar-refractivity contribution is -0.122. The first-order valence-electron chi connectivity index (χ1n) is 6.42. The van der Waals surface area contributed by atoms with Crippen LogP contribution in [-0.4, -0.2) is 20.7 Å². The maximum atomic E-state index is 11.8. The van der Waals surface area contributed by atoms with Gasteiger partial charge < -0.3 is 5.32 Å². The Labute approximate surface area is 115 Å². The Hall–Kier alpha value is -1.69. The number of nitrogens with one attached hydrogen (secondary N) is 1. The normalized spacial score (nSPS) is 14.6. The highest BCUT2D eigenvalue weighted by Gasteiger charge is 2.26. The van der Waals surface area contributed by atoms with Crippen LogP contribution in [0.4, 0.5) is 0 Å². The van der Waals surface area contributed by atoms with Gasteiger partial charge in [0.2, 0.25) is 5.91 Å². The molecule has 0 spiro atoms. The third-order valence-corrected chi connectivity index (χ3v) is 4.24. The van der Waals surface area contributed by atoms with E-state index in [1.807, 2.05) is 18.4 Å². The Morgan fingerprint density at radius 2 is 2.42 bits per heavy atom. The summed E-state index contributed by atoms with van der Waals surface area (Å²) in [6.07, 6.45) is 4.22. The topological polar surface area (TPSA) is 59.8 Å². The van der Waals surface area contributed by atoms with Crippen molar-refractivity contribution < 1.29 is 4.79 Å². The van der Waals surface area contributed by atoms with E-state index < -0.39 is 0 Å². The molecule has 2 heterocycles. The predicted octanol–water partition coefficient (Wildman–Crippen LogP) is 1.84. The number of carbonyl (C=O) groups excluding carboxylic acids is 1. The second-order valence-electron chi connectivity index (χ2n) is 4.86. The van der Waals surface area contributed by atoms with Gasteiger partial charge in [0.15, 0.2) is 0 Å². The van der Waals surface area contributed by atoms with Gasteiger partial charge in [0.25, 0.3) is 0 Å². The summed E-state index contributed by atoms with van der Waals surface area (Å²) in [6, 6.07) is 1.88. The molecule has 1 aliphatic carbocycles. The zero-order valence-electron chi connectivity index (χ0n) is 10.8. The van der Waals surface area contributed by atoms with Crippen molar-refractivity contribution >= 4 is 17.2 Å². The molecular weight excluding hydrogens is 260 g/mol. The third kappa shape index (κ3) is 3.01. The standard InChI is InChI=1S/C13H16N4OS/c1-9-4-5-15-17(9)7-12(18)14-6-11-8-19-13(16-11)10-2-3-10/h4-5,8,10H,2-3,6-7H2,1H3,(H,14,18). The summed E-state index contributed by atoms with van der Waals surface area (Å²) in [5, 5.41) is 10.2. The summed E-state index contributed by atoms with van der Waals surface area (Å²) < 4.78 is 1.69. The van der Waals surface area contributed by atoms with Crippen LogP contribution in [0.15, 0.2) is 17.6 Å². The van der Waals surface area contributed by atoms with Gasteiger partial charge in [0, 0.05) is 23.2 Å². The number of amides is 1. The molecule has 6 heteroatoms. The van der Waals surface area contributed by atoms with Gasteiger partial charge in [-0.25, -0.2) is 4.98 Å². The van der Waals surface area contributed by atoms with Crippen LogP contribution in [0, 0.1) is 6.92 Å². The third-order valence-electron chi connectivity index (χ3n) is 3.19. The first-order valence-corrected chi connectivity index (χ1v) is 7.30. The average molecular weight is 276 g/mol. The number of nitrogens with zero attached hydrogens (tertiary/aromatic N) is 3. The van der Waals surface area contributed by atoms with Crippen molar-refractivity contribution in [3.05, 3.63) is 34.0 Å². The molecule has 0 aliphatic heterocycles. The highest BCUT2D eigenvalue weighted by Crippen LogP contribution is 2.41. The van der Waals surface area contributed by atoms with Crippen molar-refractivity contribution in [2.45, 2.75) is 38.8 Å². The van der Waals surface area contributed by atoms with Crippen molar-refractivity contribution in [3.8, 4) is 0 Å². The molecule has 1 saturated carbocycles. The summed E-state index contributed by atoms with van der Waals surface area (Å²) in [5.41, 5.74) is 1.94.